The lowest BCUT2D eigenvalue weighted by atomic mass is 10.1. The molecule has 1 aromatic carbocycles. The first-order chi connectivity index (χ1) is 13.0. The second kappa shape index (κ2) is 8.08. The maximum absolute atomic E-state index is 13.2. The summed E-state index contributed by atoms with van der Waals surface area (Å²) in [5.41, 5.74) is 0.0934. The molecule has 0 radical (unpaired) electrons. The normalized spacial score (nSPS) is 11.8. The number of carboxylic acid groups (broad SMARTS) is 1. The fourth-order valence-corrected chi connectivity index (χ4v) is 2.32. The van der Waals surface area contributed by atoms with Gasteiger partial charge >= 0.3 is 12.1 Å². The van der Waals surface area contributed by atoms with Gasteiger partial charge in [0, 0.05) is 18.2 Å². The molecule has 0 unspecified atom stereocenters. The van der Waals surface area contributed by atoms with Crippen molar-refractivity contribution < 1.29 is 27.5 Å². The van der Waals surface area contributed by atoms with Crippen LogP contribution in [0.1, 0.15) is 18.3 Å². The van der Waals surface area contributed by atoms with Crippen molar-refractivity contribution >= 4 is 17.9 Å². The van der Waals surface area contributed by atoms with E-state index in [4.69, 9.17) is 11.5 Å². The fourth-order valence-electron chi connectivity index (χ4n) is 2.32. The molecule has 0 amide bonds. The van der Waals surface area contributed by atoms with Crippen molar-refractivity contribution in [2.45, 2.75) is 13.1 Å². The van der Waals surface area contributed by atoms with Gasteiger partial charge in [0.05, 0.1) is 0 Å². The van der Waals surface area contributed by atoms with Crippen LogP contribution < -0.4 is 4.90 Å². The third-order valence-corrected chi connectivity index (χ3v) is 3.63. The molecule has 5 nitrogen and oxygen atoms in total. The SMILES string of the molecule is C#Cc1nc(-c2ccc(F)cc2)c(N(C)CC(F)(F)F)nc1/C=C(\C)C(=O)O. The number of rotatable bonds is 5. The molecule has 0 aliphatic rings. The van der Waals surface area contributed by atoms with Gasteiger partial charge in [0.2, 0.25) is 0 Å². The van der Waals surface area contributed by atoms with Gasteiger partial charge < -0.3 is 10.0 Å². The summed E-state index contributed by atoms with van der Waals surface area (Å²) in [4.78, 5) is 20.2. The zero-order valence-electron chi connectivity index (χ0n) is 14.9. The number of halogens is 4. The molecule has 0 aliphatic carbocycles. The molecule has 1 aromatic heterocycles. The van der Waals surface area contributed by atoms with Crippen LogP contribution >= 0.6 is 0 Å². The number of nitrogens with zero attached hydrogens (tertiary/aromatic N) is 3. The van der Waals surface area contributed by atoms with Gasteiger partial charge in [-0.05, 0) is 43.2 Å². The molecular weight excluding hydrogens is 378 g/mol. The van der Waals surface area contributed by atoms with Crippen molar-refractivity contribution in [2.75, 3.05) is 18.5 Å². The van der Waals surface area contributed by atoms with E-state index >= 15 is 0 Å². The Balaban J connectivity index is 2.72. The molecule has 0 fully saturated rings. The van der Waals surface area contributed by atoms with E-state index in [0.717, 1.165) is 30.2 Å². The monoisotopic (exact) mass is 393 g/mol. The van der Waals surface area contributed by atoms with Gasteiger partial charge in [-0.3, -0.25) is 0 Å². The first-order valence-electron chi connectivity index (χ1n) is 7.86. The van der Waals surface area contributed by atoms with E-state index in [1.54, 1.807) is 0 Å². The number of carboxylic acids is 1. The van der Waals surface area contributed by atoms with Crippen LogP contribution in [0.2, 0.25) is 0 Å². The largest absolute Gasteiger partial charge is 0.478 e. The molecule has 9 heteroatoms. The Morgan fingerprint density at radius 1 is 1.29 bits per heavy atom. The molecule has 0 aliphatic heterocycles. The number of hydrogen-bond acceptors (Lipinski definition) is 4. The summed E-state index contributed by atoms with van der Waals surface area (Å²) in [5.74, 6) is 0.306. The van der Waals surface area contributed by atoms with Crippen molar-refractivity contribution in [1.29, 1.82) is 0 Å². The van der Waals surface area contributed by atoms with Crippen LogP contribution in [-0.4, -0.2) is 40.8 Å². The van der Waals surface area contributed by atoms with Gasteiger partial charge in [-0.2, -0.15) is 13.2 Å². The summed E-state index contributed by atoms with van der Waals surface area (Å²) in [6.07, 6.45) is 2.03. The Labute approximate surface area is 158 Å². The Morgan fingerprint density at radius 3 is 2.39 bits per heavy atom. The maximum Gasteiger partial charge on any atom is 0.405 e. The maximum atomic E-state index is 13.2. The molecule has 2 aromatic rings. The summed E-state index contributed by atoms with van der Waals surface area (Å²) in [5, 5.41) is 9.03. The van der Waals surface area contributed by atoms with E-state index in [9.17, 15) is 22.4 Å². The van der Waals surface area contributed by atoms with Crippen LogP contribution in [0.5, 0.6) is 0 Å². The van der Waals surface area contributed by atoms with Crippen LogP contribution in [0.15, 0.2) is 29.8 Å². The number of terminal acetylenes is 1. The molecule has 2 rings (SSSR count). The number of aromatic nitrogens is 2. The van der Waals surface area contributed by atoms with Gasteiger partial charge in [0.1, 0.15) is 29.4 Å². The zero-order chi connectivity index (χ0) is 21.1. The lowest BCUT2D eigenvalue weighted by molar-refractivity contribution is -0.132. The second-order valence-electron chi connectivity index (χ2n) is 5.88. The van der Waals surface area contributed by atoms with Crippen LogP contribution in [0, 0.1) is 18.2 Å². The highest BCUT2D eigenvalue weighted by atomic mass is 19.4. The molecule has 0 bridgehead atoms. The topological polar surface area (TPSA) is 66.3 Å². The smallest absolute Gasteiger partial charge is 0.405 e. The van der Waals surface area contributed by atoms with Crippen LogP contribution in [0.25, 0.3) is 17.3 Å². The average Bonchev–Trinajstić information content (AvgIpc) is 2.60. The predicted molar refractivity (Wildman–Crippen MR) is 96.0 cm³/mol. The van der Waals surface area contributed by atoms with Crippen molar-refractivity contribution in [3.8, 4) is 23.6 Å². The first-order valence-corrected chi connectivity index (χ1v) is 7.86. The average molecular weight is 393 g/mol. The van der Waals surface area contributed by atoms with Crippen LogP contribution in [-0.2, 0) is 4.79 Å². The van der Waals surface area contributed by atoms with E-state index in [2.05, 4.69) is 15.9 Å². The molecular formula is C19H15F4N3O2. The Hall–Kier alpha value is -3.41. The van der Waals surface area contributed by atoms with E-state index in [-0.39, 0.29) is 28.5 Å². The van der Waals surface area contributed by atoms with E-state index in [1.165, 1.54) is 19.1 Å². The Morgan fingerprint density at radius 2 is 1.89 bits per heavy atom. The molecule has 0 spiro atoms. The van der Waals surface area contributed by atoms with E-state index in [1.807, 2.05) is 0 Å². The summed E-state index contributed by atoms with van der Waals surface area (Å²) in [7, 11) is 1.16. The highest BCUT2D eigenvalue weighted by molar-refractivity contribution is 5.91. The minimum Gasteiger partial charge on any atom is -0.478 e. The zero-order valence-corrected chi connectivity index (χ0v) is 14.9. The number of aliphatic carboxylic acids is 1. The van der Waals surface area contributed by atoms with Crippen molar-refractivity contribution in [1.82, 2.24) is 9.97 Å². The predicted octanol–water partition coefficient (Wildman–Crippen LogP) is 3.75. The highest BCUT2D eigenvalue weighted by Gasteiger charge is 2.31. The second-order valence-corrected chi connectivity index (χ2v) is 5.88. The molecule has 28 heavy (non-hydrogen) atoms. The van der Waals surface area contributed by atoms with Gasteiger partial charge in [0.15, 0.2) is 5.82 Å². The molecule has 1 heterocycles. The third kappa shape index (κ3) is 5.07. The summed E-state index contributed by atoms with van der Waals surface area (Å²) in [6.45, 7) is -0.0381. The minimum absolute atomic E-state index is 0.0184. The van der Waals surface area contributed by atoms with Gasteiger partial charge in [-0.15, -0.1) is 6.42 Å². The lowest BCUT2D eigenvalue weighted by Gasteiger charge is -2.23. The van der Waals surface area contributed by atoms with Gasteiger partial charge in [0.25, 0.3) is 0 Å². The van der Waals surface area contributed by atoms with Crippen molar-refractivity contribution in [2.24, 2.45) is 0 Å². The minimum atomic E-state index is -4.52. The number of carbonyl (C=O) groups is 1. The van der Waals surface area contributed by atoms with Crippen LogP contribution in [0.4, 0.5) is 23.4 Å². The highest BCUT2D eigenvalue weighted by Crippen LogP contribution is 2.30. The van der Waals surface area contributed by atoms with Gasteiger partial charge in [-0.25, -0.2) is 19.2 Å². The van der Waals surface area contributed by atoms with E-state index < -0.39 is 24.5 Å². The van der Waals surface area contributed by atoms with Crippen LogP contribution in [0.3, 0.4) is 0 Å². The van der Waals surface area contributed by atoms with E-state index in [0.29, 0.717) is 5.56 Å². The molecule has 146 valence electrons. The number of alkyl halides is 3. The van der Waals surface area contributed by atoms with Crippen molar-refractivity contribution in [3.63, 3.8) is 0 Å². The Kier molecular flexibility index (Phi) is 6.03. The lowest BCUT2D eigenvalue weighted by Crippen LogP contribution is -2.32. The standard InChI is InChI=1S/C19H15F4N3O2/c1-4-14-15(9-11(2)18(27)28)25-17(26(3)10-19(21,22)23)16(24-14)12-5-7-13(20)8-6-12/h1,5-9H,10H2,2-3H3,(H,27,28)/b11-9+. The van der Waals surface area contributed by atoms with Gasteiger partial charge in [-0.1, -0.05) is 0 Å². The third-order valence-electron chi connectivity index (χ3n) is 3.63. The number of hydrogen-bond donors (Lipinski definition) is 1. The molecule has 0 saturated carbocycles. The fraction of sp³-hybridized carbons (Fsp3) is 0.211. The number of anilines is 1. The molecule has 0 saturated heterocycles. The number of benzene rings is 1. The summed E-state index contributed by atoms with van der Waals surface area (Å²) >= 11 is 0. The quantitative estimate of drug-likeness (QED) is 0.476. The molecule has 1 N–H and O–H groups in total. The Bertz CT molecular complexity index is 961. The van der Waals surface area contributed by atoms with Crippen molar-refractivity contribution in [3.05, 3.63) is 47.0 Å². The first kappa shape index (κ1) is 20.9. The molecule has 0 atom stereocenters. The summed E-state index contributed by atoms with van der Waals surface area (Å²) < 4.78 is 51.9. The summed E-state index contributed by atoms with van der Waals surface area (Å²) in [6, 6.07) is 4.93.